The third kappa shape index (κ3) is 9.52. The molecule has 0 radical (unpaired) electrons. The summed E-state index contributed by atoms with van der Waals surface area (Å²) in [7, 11) is 4.84. The van der Waals surface area contributed by atoms with Crippen LogP contribution < -0.4 is 10.6 Å². The molecule has 42 heavy (non-hydrogen) atoms. The molecule has 0 aliphatic carbocycles. The van der Waals surface area contributed by atoms with Gasteiger partial charge in [0, 0.05) is 33.9 Å². The summed E-state index contributed by atoms with van der Waals surface area (Å²) in [6.45, 7) is 8.44. The fourth-order valence-corrected chi connectivity index (χ4v) is 6.11. The van der Waals surface area contributed by atoms with E-state index in [4.69, 9.17) is 9.47 Å². The van der Waals surface area contributed by atoms with Gasteiger partial charge in [0.05, 0.1) is 43.2 Å². The third-order valence-electron chi connectivity index (χ3n) is 8.81. The van der Waals surface area contributed by atoms with Crippen LogP contribution >= 0.6 is 0 Å². The number of hydrogen-bond acceptors (Lipinski definition) is 6. The smallest absolute Gasteiger partial charge is 0.242 e. The molecule has 0 spiro atoms. The predicted molar refractivity (Wildman–Crippen MR) is 163 cm³/mol. The molecule has 1 fully saturated rings. The fraction of sp³-hybridized carbons (Fsp3) is 0.688. The number of benzene rings is 1. The predicted octanol–water partition coefficient (Wildman–Crippen LogP) is 2.79. The van der Waals surface area contributed by atoms with Gasteiger partial charge in [0.2, 0.25) is 24.1 Å². The Hall–Kier alpha value is -2.98. The van der Waals surface area contributed by atoms with Crippen LogP contribution in [0.3, 0.4) is 0 Å². The highest BCUT2D eigenvalue weighted by Crippen LogP contribution is 2.29. The van der Waals surface area contributed by atoms with E-state index in [-0.39, 0.29) is 54.7 Å². The summed E-state index contributed by atoms with van der Waals surface area (Å²) in [4.78, 5) is 54.0. The molecule has 1 heterocycles. The van der Waals surface area contributed by atoms with Gasteiger partial charge in [-0.3, -0.25) is 19.2 Å². The van der Waals surface area contributed by atoms with Gasteiger partial charge in [0.15, 0.2) is 0 Å². The van der Waals surface area contributed by atoms with Crippen molar-refractivity contribution < 1.29 is 28.7 Å². The number of rotatable bonds is 18. The molecule has 0 saturated carbocycles. The molecular weight excluding hydrogens is 536 g/mol. The minimum Gasteiger partial charge on any atom is -0.379 e. The Morgan fingerprint density at radius 2 is 1.79 bits per heavy atom. The Morgan fingerprint density at radius 3 is 2.36 bits per heavy atom. The van der Waals surface area contributed by atoms with Crippen LogP contribution in [0.2, 0.25) is 0 Å². The lowest BCUT2D eigenvalue weighted by Crippen LogP contribution is -2.54. The van der Waals surface area contributed by atoms with Crippen LogP contribution in [0.1, 0.15) is 65.4 Å². The molecule has 2 rings (SSSR count). The molecule has 1 aliphatic rings. The highest BCUT2D eigenvalue weighted by Gasteiger charge is 2.42. The van der Waals surface area contributed by atoms with Crippen LogP contribution in [-0.2, 0) is 35.1 Å². The lowest BCUT2D eigenvalue weighted by atomic mass is 9.90. The maximum Gasteiger partial charge on any atom is 0.242 e. The maximum absolute atomic E-state index is 13.8. The van der Waals surface area contributed by atoms with E-state index in [0.717, 1.165) is 32.1 Å². The van der Waals surface area contributed by atoms with Crippen LogP contribution in [0.4, 0.5) is 0 Å². The zero-order chi connectivity index (χ0) is 31.2. The Morgan fingerprint density at radius 1 is 1.10 bits per heavy atom. The summed E-state index contributed by atoms with van der Waals surface area (Å²) in [5.41, 5.74) is 1.17. The Kier molecular flexibility index (Phi) is 15.0. The maximum atomic E-state index is 13.8. The summed E-state index contributed by atoms with van der Waals surface area (Å²) >= 11 is 0. The van der Waals surface area contributed by atoms with E-state index in [2.05, 4.69) is 29.7 Å². The van der Waals surface area contributed by atoms with E-state index >= 15 is 0 Å². The van der Waals surface area contributed by atoms with Crippen LogP contribution in [0.15, 0.2) is 30.3 Å². The molecule has 1 saturated heterocycles. The number of nitrogens with zero attached hydrogens (tertiary/aromatic N) is 2. The number of amides is 4. The number of nitrogens with one attached hydrogen (secondary N) is 2. The monoisotopic (exact) mass is 588 g/mol. The molecule has 1 aromatic carbocycles. The molecule has 1 aromatic rings. The van der Waals surface area contributed by atoms with Gasteiger partial charge in [-0.1, -0.05) is 64.4 Å². The molecule has 2 N–H and O–H groups in total. The summed E-state index contributed by atoms with van der Waals surface area (Å²) in [5.74, 6) is -0.828. The van der Waals surface area contributed by atoms with Crippen molar-refractivity contribution >= 4 is 24.1 Å². The second kappa shape index (κ2) is 17.9. The number of ether oxygens (including phenoxy) is 2. The van der Waals surface area contributed by atoms with E-state index in [1.165, 1.54) is 5.56 Å². The normalized spacial score (nSPS) is 19.2. The van der Waals surface area contributed by atoms with Crippen molar-refractivity contribution in [3.05, 3.63) is 35.9 Å². The van der Waals surface area contributed by atoms with Crippen LogP contribution in [-0.4, -0.2) is 98.6 Å². The first-order valence-corrected chi connectivity index (χ1v) is 15.2. The molecule has 0 bridgehead atoms. The van der Waals surface area contributed by atoms with E-state index in [1.807, 2.05) is 43.9 Å². The summed E-state index contributed by atoms with van der Waals surface area (Å²) < 4.78 is 11.7. The Balaban J connectivity index is 2.14. The molecule has 7 unspecified atom stereocenters. The minimum atomic E-state index is -0.538. The van der Waals surface area contributed by atoms with Crippen LogP contribution in [0.5, 0.6) is 0 Å². The number of hydrogen-bond donors (Lipinski definition) is 2. The third-order valence-corrected chi connectivity index (χ3v) is 8.81. The van der Waals surface area contributed by atoms with Gasteiger partial charge in [-0.2, -0.15) is 0 Å². The van der Waals surface area contributed by atoms with Gasteiger partial charge in [-0.15, -0.1) is 0 Å². The highest BCUT2D eigenvalue weighted by molar-refractivity contribution is 5.81. The van der Waals surface area contributed by atoms with Crippen molar-refractivity contribution in [3.63, 3.8) is 0 Å². The molecule has 1 aliphatic heterocycles. The average molecular weight is 589 g/mol. The summed E-state index contributed by atoms with van der Waals surface area (Å²) in [6.07, 6.45) is 3.48. The molecule has 4 amide bonds. The molecule has 10 nitrogen and oxygen atoms in total. The van der Waals surface area contributed by atoms with Gasteiger partial charge in [0.25, 0.3) is 0 Å². The fourth-order valence-electron chi connectivity index (χ4n) is 6.11. The zero-order valence-electron chi connectivity index (χ0n) is 26.5. The second-order valence-electron chi connectivity index (χ2n) is 11.4. The molecule has 236 valence electrons. The van der Waals surface area contributed by atoms with Crippen LogP contribution in [0.25, 0.3) is 0 Å². The number of likely N-dealkylation sites (tertiary alicyclic amines) is 1. The quantitative estimate of drug-likeness (QED) is 0.255. The lowest BCUT2D eigenvalue weighted by Gasteiger charge is -2.39. The number of carbonyl (C=O) groups is 4. The molecule has 0 aromatic heterocycles. The average Bonchev–Trinajstić information content (AvgIpc) is 3.49. The van der Waals surface area contributed by atoms with E-state index in [0.29, 0.717) is 13.0 Å². The van der Waals surface area contributed by atoms with Crippen molar-refractivity contribution in [1.29, 1.82) is 0 Å². The van der Waals surface area contributed by atoms with Gasteiger partial charge >= 0.3 is 0 Å². The van der Waals surface area contributed by atoms with E-state index < -0.39 is 18.1 Å². The highest BCUT2D eigenvalue weighted by atomic mass is 16.5. The SMILES string of the molecule is CCC(Cc1ccccc1)NC(=O)C(C)C(OC)C1CCCN1C(=O)CC(OC)C(C(C)CC)N(C)C(=O)CNC=O. The number of carbonyl (C=O) groups excluding carboxylic acids is 4. The van der Waals surface area contributed by atoms with E-state index in [9.17, 15) is 19.2 Å². The standard InChI is InChI=1S/C32H52N4O6/c1-8-22(3)30(35(5)29(39)20-33-21-37)27(41-6)19-28(38)36-17-13-16-26(36)31(42-7)23(4)32(40)34-25(9-2)18-24-14-11-10-12-15-24/h10-12,14-15,21-23,25-27,30-31H,8-9,13,16-20H2,1-7H3,(H,33,37)(H,34,40). The lowest BCUT2D eigenvalue weighted by molar-refractivity contribution is -0.145. The van der Waals surface area contributed by atoms with Crippen molar-refractivity contribution in [1.82, 2.24) is 20.4 Å². The van der Waals surface area contributed by atoms with Gasteiger partial charge in [-0.25, -0.2) is 0 Å². The molecule has 7 atom stereocenters. The molecular formula is C32H52N4O6. The van der Waals surface area contributed by atoms with Crippen molar-refractivity contribution in [2.45, 2.75) is 96.6 Å². The first kappa shape index (κ1) is 35.2. The second-order valence-corrected chi connectivity index (χ2v) is 11.4. The number of methoxy groups -OCH3 is 2. The van der Waals surface area contributed by atoms with Gasteiger partial charge in [-0.05, 0) is 37.2 Å². The van der Waals surface area contributed by atoms with Gasteiger partial charge < -0.3 is 29.9 Å². The Bertz CT molecular complexity index is 992. The number of likely N-dealkylation sites (N-methyl/N-ethyl adjacent to an activating group) is 1. The molecule has 10 heteroatoms. The minimum absolute atomic E-state index is 0.00236. The zero-order valence-corrected chi connectivity index (χ0v) is 26.5. The summed E-state index contributed by atoms with van der Waals surface area (Å²) in [6, 6.07) is 9.51. The van der Waals surface area contributed by atoms with Crippen molar-refractivity contribution in [2.24, 2.45) is 11.8 Å². The topological polar surface area (TPSA) is 117 Å². The first-order valence-electron chi connectivity index (χ1n) is 15.2. The van der Waals surface area contributed by atoms with Crippen molar-refractivity contribution in [3.8, 4) is 0 Å². The largest absolute Gasteiger partial charge is 0.379 e. The van der Waals surface area contributed by atoms with Crippen LogP contribution in [0, 0.1) is 11.8 Å². The Labute approximate surface area is 251 Å². The van der Waals surface area contributed by atoms with Crippen molar-refractivity contribution in [2.75, 3.05) is 34.4 Å². The van der Waals surface area contributed by atoms with Gasteiger partial charge in [0.1, 0.15) is 0 Å². The first-order chi connectivity index (χ1) is 20.1. The van der Waals surface area contributed by atoms with E-state index in [1.54, 1.807) is 26.2 Å². The summed E-state index contributed by atoms with van der Waals surface area (Å²) in [5, 5.41) is 5.62.